The Morgan fingerprint density at radius 1 is 1.35 bits per heavy atom. The molecular weight excluding hydrogens is 268 g/mol. The molecule has 112 valence electrons. The van der Waals surface area contributed by atoms with Gasteiger partial charge in [-0.05, 0) is 38.8 Å². The molecule has 20 heavy (non-hydrogen) atoms. The number of amides is 1. The average molecular weight is 294 g/mol. The van der Waals surface area contributed by atoms with Gasteiger partial charge in [-0.2, -0.15) is 0 Å². The largest absolute Gasteiger partial charge is 0.338 e. The van der Waals surface area contributed by atoms with Crippen LogP contribution < -0.4 is 5.73 Å². The van der Waals surface area contributed by atoms with E-state index in [2.05, 4.69) is 26.0 Å². The van der Waals surface area contributed by atoms with Crippen LogP contribution in [0.1, 0.15) is 54.8 Å². The number of nitrogens with zero attached hydrogens (tertiary/aromatic N) is 1. The van der Waals surface area contributed by atoms with Crippen LogP contribution in [0.5, 0.6) is 0 Å². The van der Waals surface area contributed by atoms with E-state index >= 15 is 0 Å². The molecule has 1 aliphatic carbocycles. The zero-order valence-corrected chi connectivity index (χ0v) is 13.6. The quantitative estimate of drug-likeness (QED) is 0.868. The number of hydrogen-bond donors (Lipinski definition) is 1. The highest BCUT2D eigenvalue weighted by Crippen LogP contribution is 2.30. The lowest BCUT2D eigenvalue weighted by Crippen LogP contribution is -2.42. The van der Waals surface area contributed by atoms with Crippen LogP contribution in [0.15, 0.2) is 12.1 Å². The molecule has 1 saturated carbocycles. The first-order valence-corrected chi connectivity index (χ1v) is 8.41. The first kappa shape index (κ1) is 15.5. The van der Waals surface area contributed by atoms with Crippen LogP contribution in [-0.2, 0) is 4.79 Å². The van der Waals surface area contributed by atoms with Crippen molar-refractivity contribution in [3.8, 4) is 0 Å². The number of nitrogens with two attached hydrogens (primary N) is 1. The predicted octanol–water partition coefficient (Wildman–Crippen LogP) is 3.48. The predicted molar refractivity (Wildman–Crippen MR) is 84.8 cm³/mol. The molecule has 1 fully saturated rings. The molecular formula is C16H26N2OS. The van der Waals surface area contributed by atoms with Gasteiger partial charge in [0.2, 0.25) is 5.91 Å². The van der Waals surface area contributed by atoms with Crippen molar-refractivity contribution < 1.29 is 4.79 Å². The van der Waals surface area contributed by atoms with Crippen molar-refractivity contribution >= 4 is 17.2 Å². The van der Waals surface area contributed by atoms with Gasteiger partial charge in [0.05, 0.1) is 12.0 Å². The Morgan fingerprint density at radius 2 is 2.05 bits per heavy atom. The number of aryl methyl sites for hydroxylation is 1. The Bertz CT molecular complexity index is 457. The summed E-state index contributed by atoms with van der Waals surface area (Å²) in [4.78, 5) is 17.2. The van der Waals surface area contributed by atoms with E-state index < -0.39 is 0 Å². The molecule has 3 nitrogen and oxygen atoms in total. The zero-order valence-electron chi connectivity index (χ0n) is 12.8. The number of hydrogen-bond acceptors (Lipinski definition) is 3. The maximum absolute atomic E-state index is 12.7. The van der Waals surface area contributed by atoms with Gasteiger partial charge in [-0.3, -0.25) is 4.79 Å². The smallest absolute Gasteiger partial charge is 0.227 e. The molecule has 1 heterocycles. The van der Waals surface area contributed by atoms with Gasteiger partial charge in [-0.1, -0.05) is 19.3 Å². The van der Waals surface area contributed by atoms with Crippen LogP contribution in [0.2, 0.25) is 0 Å². The highest BCUT2D eigenvalue weighted by atomic mass is 32.1. The monoisotopic (exact) mass is 294 g/mol. The van der Waals surface area contributed by atoms with Crippen molar-refractivity contribution in [3.05, 3.63) is 21.9 Å². The lowest BCUT2D eigenvalue weighted by atomic mass is 9.93. The summed E-state index contributed by atoms with van der Waals surface area (Å²) in [5.74, 6) is 0.226. The molecule has 1 aliphatic rings. The van der Waals surface area contributed by atoms with Crippen LogP contribution in [0, 0.1) is 12.8 Å². The lowest BCUT2D eigenvalue weighted by molar-refractivity contribution is -0.137. The maximum atomic E-state index is 12.7. The number of carbonyl (C=O) groups is 1. The van der Waals surface area contributed by atoms with Crippen LogP contribution in [0.4, 0.5) is 0 Å². The summed E-state index contributed by atoms with van der Waals surface area (Å²) >= 11 is 1.77. The summed E-state index contributed by atoms with van der Waals surface area (Å²) in [5, 5.41) is 0. The second kappa shape index (κ2) is 6.72. The van der Waals surface area contributed by atoms with Crippen molar-refractivity contribution in [2.45, 2.75) is 58.0 Å². The highest BCUT2D eigenvalue weighted by molar-refractivity contribution is 7.12. The molecule has 1 amide bonds. The van der Waals surface area contributed by atoms with E-state index in [4.69, 9.17) is 5.73 Å². The number of rotatable bonds is 3. The fourth-order valence-electron chi connectivity index (χ4n) is 2.96. The molecule has 0 saturated heterocycles. The normalized spacial score (nSPS) is 25.0. The molecule has 1 aromatic rings. The van der Waals surface area contributed by atoms with Gasteiger partial charge in [0.1, 0.15) is 0 Å². The molecule has 2 N–H and O–H groups in total. The number of thiophene rings is 1. The van der Waals surface area contributed by atoms with Crippen molar-refractivity contribution in [1.82, 2.24) is 4.90 Å². The maximum Gasteiger partial charge on any atom is 0.227 e. The summed E-state index contributed by atoms with van der Waals surface area (Å²) in [7, 11) is 1.92. The molecule has 2 rings (SSSR count). The third-order valence-corrected chi connectivity index (χ3v) is 5.66. The van der Waals surface area contributed by atoms with Crippen molar-refractivity contribution in [2.24, 2.45) is 11.7 Å². The van der Waals surface area contributed by atoms with Gasteiger partial charge in [0.15, 0.2) is 0 Å². The summed E-state index contributed by atoms with van der Waals surface area (Å²) in [5.41, 5.74) is 6.22. The fraction of sp³-hybridized carbons (Fsp3) is 0.688. The molecule has 0 aromatic carbocycles. The Kier molecular flexibility index (Phi) is 5.22. The van der Waals surface area contributed by atoms with Crippen molar-refractivity contribution in [1.29, 1.82) is 0 Å². The first-order chi connectivity index (χ1) is 9.50. The SMILES string of the molecule is Cc1ccc(C(C)N(C)C(=O)C2CCCCCC2N)s1. The van der Waals surface area contributed by atoms with Crippen LogP contribution in [0.3, 0.4) is 0 Å². The fourth-order valence-corrected chi connectivity index (χ4v) is 3.94. The Morgan fingerprint density at radius 3 is 2.70 bits per heavy atom. The molecule has 1 aromatic heterocycles. The molecule has 3 unspecified atom stereocenters. The standard InChI is InChI=1S/C16H26N2OS/c1-11-9-10-15(20-11)12(2)18(3)16(19)13-7-5-4-6-8-14(13)17/h9-10,12-14H,4-8,17H2,1-3H3. The summed E-state index contributed by atoms with van der Waals surface area (Å²) in [6.45, 7) is 4.20. The second-order valence-electron chi connectivity index (χ2n) is 5.98. The summed E-state index contributed by atoms with van der Waals surface area (Å²) in [6, 6.07) is 4.41. The Balaban J connectivity index is 2.07. The molecule has 0 aliphatic heterocycles. The van der Waals surface area contributed by atoms with Crippen molar-refractivity contribution in [2.75, 3.05) is 7.05 Å². The van der Waals surface area contributed by atoms with Gasteiger partial charge in [-0.25, -0.2) is 0 Å². The van der Waals surface area contributed by atoms with Crippen molar-refractivity contribution in [3.63, 3.8) is 0 Å². The minimum atomic E-state index is 0.00556. The highest BCUT2D eigenvalue weighted by Gasteiger charge is 2.31. The minimum Gasteiger partial charge on any atom is -0.338 e. The molecule has 0 bridgehead atoms. The second-order valence-corrected chi connectivity index (χ2v) is 7.30. The molecule has 0 radical (unpaired) electrons. The van der Waals surface area contributed by atoms with Gasteiger partial charge in [0, 0.05) is 22.8 Å². The molecule has 3 atom stereocenters. The van der Waals surface area contributed by atoms with Crippen LogP contribution >= 0.6 is 11.3 Å². The van der Waals surface area contributed by atoms with Gasteiger partial charge in [-0.15, -0.1) is 11.3 Å². The van der Waals surface area contributed by atoms with Crippen LogP contribution in [-0.4, -0.2) is 23.9 Å². The van der Waals surface area contributed by atoms with E-state index in [1.54, 1.807) is 11.3 Å². The zero-order chi connectivity index (χ0) is 14.7. The van der Waals surface area contributed by atoms with E-state index in [0.29, 0.717) is 0 Å². The van der Waals surface area contributed by atoms with E-state index in [0.717, 1.165) is 25.7 Å². The van der Waals surface area contributed by atoms with E-state index in [1.165, 1.54) is 16.2 Å². The van der Waals surface area contributed by atoms with E-state index in [9.17, 15) is 4.79 Å². The topological polar surface area (TPSA) is 46.3 Å². The number of carbonyl (C=O) groups excluding carboxylic acids is 1. The first-order valence-electron chi connectivity index (χ1n) is 7.59. The lowest BCUT2D eigenvalue weighted by Gasteiger charge is -2.30. The van der Waals surface area contributed by atoms with E-state index in [-0.39, 0.29) is 23.9 Å². The third-order valence-electron chi connectivity index (χ3n) is 4.49. The Hall–Kier alpha value is -0.870. The third kappa shape index (κ3) is 3.41. The Labute approximate surface area is 126 Å². The van der Waals surface area contributed by atoms with Crippen LogP contribution in [0.25, 0.3) is 0 Å². The van der Waals surface area contributed by atoms with Gasteiger partial charge < -0.3 is 10.6 Å². The van der Waals surface area contributed by atoms with Gasteiger partial charge in [0.25, 0.3) is 0 Å². The molecule has 0 spiro atoms. The van der Waals surface area contributed by atoms with E-state index in [1.807, 2.05) is 11.9 Å². The molecule has 4 heteroatoms. The van der Waals surface area contributed by atoms with Gasteiger partial charge >= 0.3 is 0 Å². The summed E-state index contributed by atoms with van der Waals surface area (Å²) in [6.07, 6.45) is 5.43. The average Bonchev–Trinajstić information content (AvgIpc) is 2.75. The minimum absolute atomic E-state index is 0.00556. The summed E-state index contributed by atoms with van der Waals surface area (Å²) < 4.78 is 0.